The van der Waals surface area contributed by atoms with Gasteiger partial charge >= 0.3 is 0 Å². The molecule has 0 fully saturated rings. The Balaban J connectivity index is 0. The lowest BCUT2D eigenvalue weighted by Crippen LogP contribution is -2.23. The summed E-state index contributed by atoms with van der Waals surface area (Å²) in [5, 5.41) is 16.1. The van der Waals surface area contributed by atoms with Crippen LogP contribution in [0.25, 0.3) is 0 Å². The van der Waals surface area contributed by atoms with Crippen molar-refractivity contribution in [2.45, 2.75) is 13.9 Å². The second-order valence-corrected chi connectivity index (χ2v) is 6.31. The molecule has 0 heterocycles. The summed E-state index contributed by atoms with van der Waals surface area (Å²) in [4.78, 5) is 9.43. The van der Waals surface area contributed by atoms with Crippen molar-refractivity contribution >= 4 is 75.9 Å². The average molecular weight is 313 g/mol. The maximum absolute atomic E-state index is 9.43. The summed E-state index contributed by atoms with van der Waals surface area (Å²) in [6.07, 6.45) is -1.67. The van der Waals surface area contributed by atoms with Crippen LogP contribution in [0.15, 0.2) is 0 Å². The van der Waals surface area contributed by atoms with Gasteiger partial charge in [0, 0.05) is 0 Å². The number of hydrogen-bond donors (Lipinski definition) is 2. The number of rotatable bonds is 0. The Hall–Kier alpha value is 1.33. The van der Waals surface area contributed by atoms with Crippen LogP contribution in [0, 0.1) is 0 Å². The van der Waals surface area contributed by atoms with Crippen LogP contribution < -0.4 is 0 Å². The van der Waals surface area contributed by atoms with Crippen LogP contribution in [-0.2, 0) is 4.79 Å². The molecule has 2 N–H and O–H groups in total. The Kier molecular flexibility index (Phi) is 8.69. The fourth-order valence-corrected chi connectivity index (χ4v) is 0. The van der Waals surface area contributed by atoms with Gasteiger partial charge in [0.15, 0.2) is 12.6 Å². The first kappa shape index (κ1) is 16.7. The summed E-state index contributed by atoms with van der Waals surface area (Å²) >= 11 is 29.3. The highest BCUT2D eigenvalue weighted by Gasteiger charge is 2.28. The van der Waals surface area contributed by atoms with E-state index in [1.807, 2.05) is 0 Å². The second kappa shape index (κ2) is 6.75. The number of aldehydes is 1. The second-order valence-electron chi connectivity index (χ2n) is 1.57. The summed E-state index contributed by atoms with van der Waals surface area (Å²) in [5.41, 5.74) is 0. The third kappa shape index (κ3) is 16.0. The van der Waals surface area contributed by atoms with Gasteiger partial charge in [0.1, 0.15) is 0 Å². The lowest BCUT2D eigenvalue weighted by molar-refractivity contribution is -0.107. The van der Waals surface area contributed by atoms with Crippen molar-refractivity contribution in [1.29, 1.82) is 0 Å². The maximum atomic E-state index is 9.43. The van der Waals surface area contributed by atoms with Crippen molar-refractivity contribution in [2.75, 3.05) is 0 Å². The smallest absolute Gasteiger partial charge is 0.245 e. The number of aliphatic hydroxyl groups excluding tert-OH is 1. The van der Waals surface area contributed by atoms with E-state index >= 15 is 0 Å². The number of carbonyl (C=O) groups is 1. The Morgan fingerprint density at radius 2 is 1.15 bits per heavy atom. The van der Waals surface area contributed by atoms with E-state index in [0.29, 0.717) is 0 Å². The number of alkyl halides is 6. The molecule has 0 unspecified atom stereocenters. The van der Waals surface area contributed by atoms with Gasteiger partial charge in [-0.2, -0.15) is 0 Å². The Labute approximate surface area is 104 Å². The summed E-state index contributed by atoms with van der Waals surface area (Å²) in [6, 6.07) is 0. The molecule has 0 aliphatic rings. The Bertz CT molecular complexity index is 147. The van der Waals surface area contributed by atoms with E-state index in [-0.39, 0.29) is 6.29 Å². The third-order valence-electron chi connectivity index (χ3n) is 0.426. The molecule has 13 heavy (non-hydrogen) atoms. The SMILES string of the molecule is O=CC(Cl)(Cl)Cl.OC(O)C(Cl)(Cl)Cl. The van der Waals surface area contributed by atoms with Crippen LogP contribution in [0.4, 0.5) is 0 Å². The molecule has 0 bridgehead atoms. The summed E-state index contributed by atoms with van der Waals surface area (Å²) < 4.78 is -3.69. The lowest BCUT2D eigenvalue weighted by Gasteiger charge is -2.10. The fraction of sp³-hybridized carbons (Fsp3) is 0.750. The van der Waals surface area contributed by atoms with Crippen molar-refractivity contribution in [3.8, 4) is 0 Å². The Morgan fingerprint density at radius 3 is 1.15 bits per heavy atom. The van der Waals surface area contributed by atoms with Crippen molar-refractivity contribution in [3.63, 3.8) is 0 Å². The molecule has 80 valence electrons. The molecule has 3 nitrogen and oxygen atoms in total. The minimum atomic E-state index is -1.97. The van der Waals surface area contributed by atoms with E-state index in [9.17, 15) is 4.79 Å². The normalized spacial score (nSPS) is 12.1. The molecule has 0 amide bonds. The highest BCUT2D eigenvalue weighted by Crippen LogP contribution is 2.28. The van der Waals surface area contributed by atoms with Crippen LogP contribution in [0.2, 0.25) is 0 Å². The molecule has 0 saturated heterocycles. The number of hydrogen-bond acceptors (Lipinski definition) is 3. The van der Waals surface area contributed by atoms with Gasteiger partial charge in [-0.05, 0) is 0 Å². The van der Waals surface area contributed by atoms with Crippen molar-refractivity contribution in [1.82, 2.24) is 0 Å². The van der Waals surface area contributed by atoms with Gasteiger partial charge in [0.05, 0.1) is 0 Å². The molecule has 0 spiro atoms. The van der Waals surface area contributed by atoms with E-state index in [4.69, 9.17) is 79.8 Å². The summed E-state index contributed by atoms with van der Waals surface area (Å²) in [5.74, 6) is 0. The monoisotopic (exact) mass is 310 g/mol. The van der Waals surface area contributed by atoms with Gasteiger partial charge in [-0.15, -0.1) is 0 Å². The third-order valence-corrected chi connectivity index (χ3v) is 1.28. The fourth-order valence-electron chi connectivity index (χ4n) is 0. The zero-order valence-corrected chi connectivity index (χ0v) is 10.3. The topological polar surface area (TPSA) is 57.5 Å². The van der Waals surface area contributed by atoms with E-state index < -0.39 is 13.9 Å². The molecule has 0 saturated carbocycles. The van der Waals surface area contributed by atoms with Gasteiger partial charge in [-0.1, -0.05) is 69.6 Å². The molecule has 9 heteroatoms. The highest BCUT2D eigenvalue weighted by atomic mass is 35.6. The average Bonchev–Trinajstić information content (AvgIpc) is 1.85. The standard InChI is InChI=1S/C2H3Cl3O2.C2HCl3O/c3-2(4,5)1(6)7;3-2(4,5)1-6/h1,6-7H;1H. The van der Waals surface area contributed by atoms with Gasteiger partial charge < -0.3 is 10.2 Å². The molecular formula is C4H4Cl6O3. The van der Waals surface area contributed by atoms with E-state index in [1.54, 1.807) is 0 Å². The molecule has 0 atom stereocenters. The van der Waals surface area contributed by atoms with Crippen molar-refractivity contribution < 1.29 is 15.0 Å². The molecule has 0 radical (unpaired) electrons. The van der Waals surface area contributed by atoms with Crippen LogP contribution in [0.5, 0.6) is 0 Å². The molecule has 0 aliphatic carbocycles. The molecular weight excluding hydrogens is 309 g/mol. The van der Waals surface area contributed by atoms with E-state index in [2.05, 4.69) is 0 Å². The van der Waals surface area contributed by atoms with Gasteiger partial charge in [-0.25, -0.2) is 0 Å². The number of halogens is 6. The van der Waals surface area contributed by atoms with Crippen LogP contribution in [-0.4, -0.2) is 30.4 Å². The largest absolute Gasteiger partial charge is 0.365 e. The molecule has 0 aromatic heterocycles. The quantitative estimate of drug-likeness (QED) is 0.410. The predicted molar refractivity (Wildman–Crippen MR) is 54.9 cm³/mol. The van der Waals surface area contributed by atoms with Crippen LogP contribution in [0.3, 0.4) is 0 Å². The first-order valence-corrected chi connectivity index (χ1v) is 4.73. The molecule has 0 aromatic carbocycles. The van der Waals surface area contributed by atoms with Crippen molar-refractivity contribution in [2.24, 2.45) is 0 Å². The number of carbonyl (C=O) groups excluding carboxylic acids is 1. The minimum Gasteiger partial charge on any atom is -0.365 e. The van der Waals surface area contributed by atoms with Crippen LogP contribution in [0.1, 0.15) is 0 Å². The lowest BCUT2D eigenvalue weighted by atomic mass is 10.8. The van der Waals surface area contributed by atoms with Gasteiger partial charge in [0.2, 0.25) is 7.59 Å². The molecule has 0 rings (SSSR count). The first-order chi connectivity index (χ1) is 5.50. The summed E-state index contributed by atoms with van der Waals surface area (Å²) in [7, 11) is 0. The van der Waals surface area contributed by atoms with E-state index in [1.165, 1.54) is 0 Å². The molecule has 0 aliphatic heterocycles. The first-order valence-electron chi connectivity index (χ1n) is 2.46. The minimum absolute atomic E-state index is 0.234. The highest BCUT2D eigenvalue weighted by molar-refractivity contribution is 6.74. The molecule has 0 aromatic rings. The van der Waals surface area contributed by atoms with Gasteiger partial charge in [0.25, 0.3) is 0 Å². The van der Waals surface area contributed by atoms with Crippen molar-refractivity contribution in [3.05, 3.63) is 0 Å². The van der Waals surface area contributed by atoms with Gasteiger partial charge in [-0.3, -0.25) is 4.79 Å². The number of aliphatic hydroxyl groups is 2. The zero-order valence-electron chi connectivity index (χ0n) is 5.73. The summed E-state index contributed by atoms with van der Waals surface area (Å²) in [6.45, 7) is 0. The predicted octanol–water partition coefficient (Wildman–Crippen LogP) is 2.22. The Morgan fingerprint density at radius 1 is 1.00 bits per heavy atom. The zero-order chi connectivity index (χ0) is 11.3. The van der Waals surface area contributed by atoms with E-state index in [0.717, 1.165) is 0 Å². The maximum Gasteiger partial charge on any atom is 0.245 e. The van der Waals surface area contributed by atoms with Crippen LogP contribution >= 0.6 is 69.6 Å².